The minimum atomic E-state index is 0.460. The van der Waals surface area contributed by atoms with Crippen molar-refractivity contribution in [2.75, 3.05) is 25.5 Å². The fourth-order valence-corrected chi connectivity index (χ4v) is 2.86. The Kier molecular flexibility index (Phi) is 2.40. The fourth-order valence-electron chi connectivity index (χ4n) is 2.86. The first-order valence-corrected chi connectivity index (χ1v) is 6.36. The summed E-state index contributed by atoms with van der Waals surface area (Å²) in [5, 5.41) is 6.81. The van der Waals surface area contributed by atoms with Gasteiger partial charge in [0.05, 0.1) is 0 Å². The van der Waals surface area contributed by atoms with Crippen molar-refractivity contribution in [1.29, 1.82) is 0 Å². The summed E-state index contributed by atoms with van der Waals surface area (Å²) in [7, 11) is 2.06. The van der Waals surface area contributed by atoms with Crippen LogP contribution in [-0.4, -0.2) is 20.1 Å². The zero-order chi connectivity index (χ0) is 11.0. The molecule has 0 radical (unpaired) electrons. The van der Waals surface area contributed by atoms with Crippen LogP contribution in [0, 0.1) is 0 Å². The molecular formula is C14H20N2. The van der Waals surface area contributed by atoms with Gasteiger partial charge in [-0.1, -0.05) is 12.1 Å². The lowest BCUT2D eigenvalue weighted by molar-refractivity contribution is 0.623. The fraction of sp³-hybridized carbons (Fsp3) is 0.571. The van der Waals surface area contributed by atoms with Crippen LogP contribution >= 0.6 is 0 Å². The van der Waals surface area contributed by atoms with Gasteiger partial charge in [-0.2, -0.15) is 0 Å². The van der Waals surface area contributed by atoms with Gasteiger partial charge in [0.1, 0.15) is 0 Å². The molecule has 0 amide bonds. The normalized spacial score (nSPS) is 21.1. The first-order valence-electron chi connectivity index (χ1n) is 6.36. The maximum atomic E-state index is 3.48. The summed E-state index contributed by atoms with van der Waals surface area (Å²) in [5.41, 5.74) is 4.88. The third-order valence-electron chi connectivity index (χ3n) is 4.02. The molecule has 2 heteroatoms. The van der Waals surface area contributed by atoms with E-state index in [9.17, 15) is 0 Å². The molecule has 2 aliphatic rings. The highest BCUT2D eigenvalue weighted by Gasteiger charge is 2.43. The summed E-state index contributed by atoms with van der Waals surface area (Å²) in [4.78, 5) is 0. The Bertz CT molecular complexity index is 394. The number of nitrogens with one attached hydrogen (secondary N) is 2. The van der Waals surface area contributed by atoms with E-state index in [4.69, 9.17) is 0 Å². The highest BCUT2D eigenvalue weighted by Crippen LogP contribution is 2.48. The number of likely N-dealkylation sites (N-methyl/N-ethyl adjacent to an activating group) is 1. The van der Waals surface area contributed by atoms with Crippen LogP contribution in [0.1, 0.15) is 30.4 Å². The van der Waals surface area contributed by atoms with Crippen LogP contribution in [0.15, 0.2) is 18.2 Å². The molecule has 0 unspecified atom stereocenters. The van der Waals surface area contributed by atoms with Crippen molar-refractivity contribution in [3.05, 3.63) is 29.3 Å². The zero-order valence-electron chi connectivity index (χ0n) is 9.97. The van der Waals surface area contributed by atoms with Crippen LogP contribution in [0.4, 0.5) is 5.69 Å². The van der Waals surface area contributed by atoms with Crippen LogP contribution < -0.4 is 10.6 Å². The van der Waals surface area contributed by atoms with Crippen LogP contribution in [0.3, 0.4) is 0 Å². The van der Waals surface area contributed by atoms with E-state index in [0.29, 0.717) is 5.41 Å². The van der Waals surface area contributed by atoms with Gasteiger partial charge in [-0.3, -0.25) is 0 Å². The second kappa shape index (κ2) is 3.77. The van der Waals surface area contributed by atoms with E-state index in [1.54, 1.807) is 5.56 Å². The Hall–Kier alpha value is -1.02. The minimum Gasteiger partial charge on any atom is -0.385 e. The lowest BCUT2D eigenvalue weighted by Gasteiger charge is -2.22. The van der Waals surface area contributed by atoms with E-state index < -0.39 is 0 Å². The largest absolute Gasteiger partial charge is 0.385 e. The molecule has 3 rings (SSSR count). The maximum Gasteiger partial charge on any atom is 0.0372 e. The second-order valence-corrected chi connectivity index (χ2v) is 5.21. The SMILES string of the molecule is CNCC1(c2ccc3c(c2)CCCN3)CC1. The highest BCUT2D eigenvalue weighted by atomic mass is 14.9. The molecule has 0 spiro atoms. The molecule has 1 aliphatic carbocycles. The molecule has 2 nitrogen and oxygen atoms in total. The quantitative estimate of drug-likeness (QED) is 0.810. The van der Waals surface area contributed by atoms with Gasteiger partial charge >= 0.3 is 0 Å². The molecule has 1 aromatic carbocycles. The number of fused-ring (bicyclic) bond motifs is 1. The first kappa shape index (κ1) is 10.2. The van der Waals surface area contributed by atoms with E-state index in [0.717, 1.165) is 13.1 Å². The molecule has 0 bridgehead atoms. The predicted molar refractivity (Wildman–Crippen MR) is 68.1 cm³/mol. The third kappa shape index (κ3) is 1.61. The van der Waals surface area contributed by atoms with Crippen LogP contribution in [0.25, 0.3) is 0 Å². The summed E-state index contributed by atoms with van der Waals surface area (Å²) in [6, 6.07) is 7.03. The van der Waals surface area contributed by atoms with E-state index in [1.165, 1.54) is 36.9 Å². The van der Waals surface area contributed by atoms with E-state index in [2.05, 4.69) is 35.9 Å². The van der Waals surface area contributed by atoms with Crippen molar-refractivity contribution in [3.8, 4) is 0 Å². The van der Waals surface area contributed by atoms with Gasteiger partial charge in [-0.05, 0) is 49.9 Å². The van der Waals surface area contributed by atoms with Gasteiger partial charge in [-0.25, -0.2) is 0 Å². The molecule has 2 N–H and O–H groups in total. The monoisotopic (exact) mass is 216 g/mol. The summed E-state index contributed by atoms with van der Waals surface area (Å²) in [6.07, 6.45) is 5.21. The summed E-state index contributed by atoms with van der Waals surface area (Å²) >= 11 is 0. The minimum absolute atomic E-state index is 0.460. The average Bonchev–Trinajstić information content (AvgIpc) is 3.10. The van der Waals surface area contributed by atoms with Crippen molar-refractivity contribution in [3.63, 3.8) is 0 Å². The van der Waals surface area contributed by atoms with Crippen LogP contribution in [-0.2, 0) is 11.8 Å². The second-order valence-electron chi connectivity index (χ2n) is 5.21. The Morgan fingerprint density at radius 2 is 2.25 bits per heavy atom. The standard InChI is InChI=1S/C14H20N2/c1-15-10-14(6-7-14)12-4-5-13-11(9-12)3-2-8-16-13/h4-5,9,15-16H,2-3,6-8,10H2,1H3. The molecule has 0 aromatic heterocycles. The number of hydrogen-bond acceptors (Lipinski definition) is 2. The van der Waals surface area contributed by atoms with E-state index in [-0.39, 0.29) is 0 Å². The van der Waals surface area contributed by atoms with Gasteiger partial charge < -0.3 is 10.6 Å². The predicted octanol–water partition coefficient (Wildman–Crippen LogP) is 2.30. The summed E-state index contributed by atoms with van der Waals surface area (Å²) in [5.74, 6) is 0. The summed E-state index contributed by atoms with van der Waals surface area (Å²) in [6.45, 7) is 2.26. The van der Waals surface area contributed by atoms with Gasteiger partial charge in [0.2, 0.25) is 0 Å². The van der Waals surface area contributed by atoms with Gasteiger partial charge in [0.15, 0.2) is 0 Å². The smallest absolute Gasteiger partial charge is 0.0372 e. The van der Waals surface area contributed by atoms with Crippen LogP contribution in [0.5, 0.6) is 0 Å². The number of anilines is 1. The van der Waals surface area contributed by atoms with Crippen molar-refractivity contribution in [1.82, 2.24) is 5.32 Å². The molecule has 1 saturated carbocycles. The lowest BCUT2D eigenvalue weighted by atomic mass is 9.91. The Morgan fingerprint density at radius 3 is 3.00 bits per heavy atom. The molecule has 0 saturated heterocycles. The third-order valence-corrected chi connectivity index (χ3v) is 4.02. The lowest BCUT2D eigenvalue weighted by Crippen LogP contribution is -2.24. The molecule has 1 heterocycles. The van der Waals surface area contributed by atoms with Gasteiger partial charge in [-0.15, -0.1) is 0 Å². The topological polar surface area (TPSA) is 24.1 Å². The number of benzene rings is 1. The molecule has 86 valence electrons. The van der Waals surface area contributed by atoms with Crippen LogP contribution in [0.2, 0.25) is 0 Å². The van der Waals surface area contributed by atoms with Crippen molar-refractivity contribution in [2.24, 2.45) is 0 Å². The molecule has 1 fully saturated rings. The Labute approximate surface area is 97.4 Å². The summed E-state index contributed by atoms with van der Waals surface area (Å²) < 4.78 is 0. The molecule has 1 aromatic rings. The van der Waals surface area contributed by atoms with Gasteiger partial charge in [0.25, 0.3) is 0 Å². The van der Waals surface area contributed by atoms with Crippen molar-refractivity contribution >= 4 is 5.69 Å². The first-order chi connectivity index (χ1) is 7.84. The highest BCUT2D eigenvalue weighted by molar-refractivity contribution is 5.56. The van der Waals surface area contributed by atoms with E-state index >= 15 is 0 Å². The number of hydrogen-bond donors (Lipinski definition) is 2. The van der Waals surface area contributed by atoms with Gasteiger partial charge in [0, 0.05) is 24.2 Å². The Balaban J connectivity index is 1.91. The van der Waals surface area contributed by atoms with E-state index in [1.807, 2.05) is 0 Å². The average molecular weight is 216 g/mol. The van der Waals surface area contributed by atoms with Crippen molar-refractivity contribution in [2.45, 2.75) is 31.1 Å². The zero-order valence-corrected chi connectivity index (χ0v) is 9.97. The van der Waals surface area contributed by atoms with Crippen molar-refractivity contribution < 1.29 is 0 Å². The number of aryl methyl sites for hydroxylation is 1. The Morgan fingerprint density at radius 1 is 1.38 bits per heavy atom. The molecule has 0 atom stereocenters. The number of rotatable bonds is 3. The maximum absolute atomic E-state index is 3.48. The molecular weight excluding hydrogens is 196 g/mol. The molecule has 16 heavy (non-hydrogen) atoms. The molecule has 1 aliphatic heterocycles.